The molecule has 0 aromatic heterocycles. The predicted molar refractivity (Wildman–Crippen MR) is 116 cm³/mol. The summed E-state index contributed by atoms with van der Waals surface area (Å²) < 4.78 is 27.1. The van der Waals surface area contributed by atoms with Crippen LogP contribution in [0.1, 0.15) is 41.6 Å². The molecule has 1 amide bonds. The summed E-state index contributed by atoms with van der Waals surface area (Å²) in [6.45, 7) is 3.12. The summed E-state index contributed by atoms with van der Waals surface area (Å²) in [5.74, 6) is -1.62. The number of carbonyl (C=O) groups is 1. The topological polar surface area (TPSA) is 55.8 Å². The molecule has 2 saturated heterocycles. The van der Waals surface area contributed by atoms with E-state index in [2.05, 4.69) is 10.2 Å². The Labute approximate surface area is 181 Å². The van der Waals surface area contributed by atoms with Crippen LogP contribution in [-0.4, -0.2) is 54.2 Å². The number of likely N-dealkylation sites (tertiary alicyclic amines) is 1. The van der Waals surface area contributed by atoms with Crippen LogP contribution >= 0.6 is 0 Å². The number of anilines is 1. The quantitative estimate of drug-likeness (QED) is 0.766. The normalized spacial score (nSPS) is 20.2. The van der Waals surface area contributed by atoms with Crippen LogP contribution in [0.3, 0.4) is 0 Å². The fourth-order valence-electron chi connectivity index (χ4n) is 4.42. The Morgan fingerprint density at radius 2 is 1.77 bits per heavy atom. The first-order valence-electron chi connectivity index (χ1n) is 11.0. The van der Waals surface area contributed by atoms with Crippen LogP contribution in [0, 0.1) is 11.6 Å². The SMILES string of the molecule is O=C(c1ccc(N2CCC(NCc3cccc(F)c3F)CC2)cc1)N1CCC[C@H](O)C1. The summed E-state index contributed by atoms with van der Waals surface area (Å²) in [6.07, 6.45) is 2.97. The van der Waals surface area contributed by atoms with Crippen molar-refractivity contribution in [3.8, 4) is 0 Å². The van der Waals surface area contributed by atoms with Gasteiger partial charge in [-0.2, -0.15) is 0 Å². The number of amides is 1. The number of carbonyl (C=O) groups excluding carboxylic acids is 1. The number of piperidine rings is 2. The minimum Gasteiger partial charge on any atom is -0.391 e. The molecule has 2 N–H and O–H groups in total. The van der Waals surface area contributed by atoms with Crippen LogP contribution in [-0.2, 0) is 6.54 Å². The second-order valence-electron chi connectivity index (χ2n) is 8.45. The van der Waals surface area contributed by atoms with Crippen molar-refractivity contribution in [2.75, 3.05) is 31.1 Å². The number of rotatable bonds is 5. The standard InChI is InChI=1S/C24H29F2N3O2/c25-22-5-1-3-18(23(22)26)15-27-19-10-13-28(14-11-19)20-8-6-17(7-9-20)24(31)29-12-2-4-21(30)16-29/h1,3,5-9,19,21,27,30H,2,4,10-16H2/t21-/m0/s1. The monoisotopic (exact) mass is 429 g/mol. The minimum absolute atomic E-state index is 0.0298. The van der Waals surface area contributed by atoms with Crippen LogP contribution < -0.4 is 10.2 Å². The molecule has 2 aromatic carbocycles. The number of nitrogens with one attached hydrogen (secondary N) is 1. The molecule has 7 heteroatoms. The van der Waals surface area contributed by atoms with E-state index in [4.69, 9.17) is 0 Å². The van der Waals surface area contributed by atoms with Gasteiger partial charge < -0.3 is 20.2 Å². The number of hydrogen-bond donors (Lipinski definition) is 2. The van der Waals surface area contributed by atoms with Crippen molar-refractivity contribution in [1.82, 2.24) is 10.2 Å². The Morgan fingerprint density at radius 3 is 2.48 bits per heavy atom. The van der Waals surface area contributed by atoms with Gasteiger partial charge in [-0.15, -0.1) is 0 Å². The highest BCUT2D eigenvalue weighted by molar-refractivity contribution is 5.94. The van der Waals surface area contributed by atoms with Gasteiger partial charge in [-0.25, -0.2) is 8.78 Å². The van der Waals surface area contributed by atoms with E-state index in [0.717, 1.165) is 50.5 Å². The molecule has 2 aromatic rings. The van der Waals surface area contributed by atoms with Gasteiger partial charge in [0.15, 0.2) is 11.6 Å². The molecule has 2 fully saturated rings. The maximum atomic E-state index is 13.8. The molecule has 2 heterocycles. The molecule has 0 aliphatic carbocycles. The zero-order valence-corrected chi connectivity index (χ0v) is 17.6. The lowest BCUT2D eigenvalue weighted by Crippen LogP contribution is -2.42. The number of halogens is 2. The van der Waals surface area contributed by atoms with E-state index < -0.39 is 17.7 Å². The second kappa shape index (κ2) is 9.75. The number of aliphatic hydroxyl groups excluding tert-OH is 1. The Bertz CT molecular complexity index is 898. The zero-order valence-electron chi connectivity index (χ0n) is 17.6. The summed E-state index contributed by atoms with van der Waals surface area (Å²) in [4.78, 5) is 16.7. The Hall–Kier alpha value is -2.51. The highest BCUT2D eigenvalue weighted by Crippen LogP contribution is 2.22. The minimum atomic E-state index is -0.812. The molecule has 166 valence electrons. The first-order chi connectivity index (χ1) is 15.0. The van der Waals surface area contributed by atoms with Crippen LogP contribution in [0.15, 0.2) is 42.5 Å². The molecule has 0 spiro atoms. The molecule has 2 aliphatic rings. The zero-order chi connectivity index (χ0) is 21.8. The Balaban J connectivity index is 1.28. The van der Waals surface area contributed by atoms with E-state index in [0.29, 0.717) is 30.8 Å². The second-order valence-corrected chi connectivity index (χ2v) is 8.45. The van der Waals surface area contributed by atoms with Crippen LogP contribution in [0.25, 0.3) is 0 Å². The summed E-state index contributed by atoms with van der Waals surface area (Å²) in [5.41, 5.74) is 2.07. The van der Waals surface area contributed by atoms with Gasteiger partial charge in [-0.3, -0.25) is 4.79 Å². The third kappa shape index (κ3) is 5.22. The van der Waals surface area contributed by atoms with Crippen molar-refractivity contribution in [3.05, 3.63) is 65.2 Å². The number of aliphatic hydroxyl groups is 1. The molecule has 0 bridgehead atoms. The Morgan fingerprint density at radius 1 is 1.03 bits per heavy atom. The lowest BCUT2D eigenvalue weighted by molar-refractivity contribution is 0.0474. The van der Waals surface area contributed by atoms with Gasteiger partial charge in [-0.05, 0) is 56.0 Å². The van der Waals surface area contributed by atoms with E-state index in [1.165, 1.54) is 6.07 Å². The summed E-state index contributed by atoms with van der Waals surface area (Å²) in [5, 5.41) is 13.1. The molecule has 31 heavy (non-hydrogen) atoms. The fourth-order valence-corrected chi connectivity index (χ4v) is 4.42. The lowest BCUT2D eigenvalue weighted by Gasteiger charge is -2.34. The van der Waals surface area contributed by atoms with Crippen molar-refractivity contribution in [2.45, 2.75) is 44.4 Å². The molecule has 0 radical (unpaired) electrons. The van der Waals surface area contributed by atoms with Gasteiger partial charge in [0.05, 0.1) is 6.10 Å². The van der Waals surface area contributed by atoms with Gasteiger partial charge in [-0.1, -0.05) is 12.1 Å². The fraction of sp³-hybridized carbons (Fsp3) is 0.458. The number of benzene rings is 2. The van der Waals surface area contributed by atoms with Gasteiger partial charge >= 0.3 is 0 Å². The Kier molecular flexibility index (Phi) is 6.83. The van der Waals surface area contributed by atoms with Crippen LogP contribution in [0.5, 0.6) is 0 Å². The average molecular weight is 430 g/mol. The molecular formula is C24H29F2N3O2. The third-order valence-corrected chi connectivity index (χ3v) is 6.27. The average Bonchev–Trinajstić information content (AvgIpc) is 2.80. The molecule has 0 unspecified atom stereocenters. The summed E-state index contributed by atoms with van der Waals surface area (Å²) in [6, 6.07) is 12.2. The molecular weight excluding hydrogens is 400 g/mol. The summed E-state index contributed by atoms with van der Waals surface area (Å²) in [7, 11) is 0. The third-order valence-electron chi connectivity index (χ3n) is 6.27. The highest BCUT2D eigenvalue weighted by Gasteiger charge is 2.24. The van der Waals surface area contributed by atoms with E-state index >= 15 is 0 Å². The number of β-amino-alcohol motifs (C(OH)–C–C–N with tert-alkyl or cyclic N) is 1. The molecule has 0 saturated carbocycles. The van der Waals surface area contributed by atoms with Crippen molar-refractivity contribution < 1.29 is 18.7 Å². The van der Waals surface area contributed by atoms with E-state index in [1.54, 1.807) is 11.0 Å². The highest BCUT2D eigenvalue weighted by atomic mass is 19.2. The first-order valence-corrected chi connectivity index (χ1v) is 11.0. The lowest BCUT2D eigenvalue weighted by atomic mass is 10.0. The summed E-state index contributed by atoms with van der Waals surface area (Å²) >= 11 is 0. The van der Waals surface area contributed by atoms with E-state index in [9.17, 15) is 18.7 Å². The maximum absolute atomic E-state index is 13.8. The van der Waals surface area contributed by atoms with Gasteiger partial charge in [0.25, 0.3) is 5.91 Å². The van der Waals surface area contributed by atoms with Gasteiger partial charge in [0, 0.05) is 55.6 Å². The largest absolute Gasteiger partial charge is 0.391 e. The number of nitrogens with zero attached hydrogens (tertiary/aromatic N) is 2. The van der Waals surface area contributed by atoms with Crippen molar-refractivity contribution in [3.63, 3.8) is 0 Å². The molecule has 4 rings (SSSR count). The van der Waals surface area contributed by atoms with E-state index in [1.807, 2.05) is 24.3 Å². The van der Waals surface area contributed by atoms with Gasteiger partial charge in [0.2, 0.25) is 0 Å². The van der Waals surface area contributed by atoms with Gasteiger partial charge in [0.1, 0.15) is 0 Å². The van der Waals surface area contributed by atoms with Crippen molar-refractivity contribution in [2.24, 2.45) is 0 Å². The first kappa shape index (κ1) is 21.7. The smallest absolute Gasteiger partial charge is 0.253 e. The maximum Gasteiger partial charge on any atom is 0.253 e. The van der Waals surface area contributed by atoms with Crippen molar-refractivity contribution >= 4 is 11.6 Å². The molecule has 5 nitrogen and oxygen atoms in total. The predicted octanol–water partition coefficient (Wildman–Crippen LogP) is 3.32. The molecule has 2 aliphatic heterocycles. The molecule has 1 atom stereocenters. The van der Waals surface area contributed by atoms with Crippen LogP contribution in [0.2, 0.25) is 0 Å². The van der Waals surface area contributed by atoms with E-state index in [-0.39, 0.29) is 11.9 Å². The van der Waals surface area contributed by atoms with Crippen molar-refractivity contribution in [1.29, 1.82) is 0 Å². The van der Waals surface area contributed by atoms with Crippen LogP contribution in [0.4, 0.5) is 14.5 Å². The number of hydrogen-bond acceptors (Lipinski definition) is 4.